The number of nitrogens with two attached hydrogens (primary N) is 1. The first-order valence-corrected chi connectivity index (χ1v) is 3.60. The highest BCUT2D eigenvalue weighted by molar-refractivity contribution is 5.31. The molecule has 0 amide bonds. The van der Waals surface area contributed by atoms with Crippen LogP contribution in [0.5, 0.6) is 11.5 Å². The summed E-state index contributed by atoms with van der Waals surface area (Å²) in [5.74, 6) is 5.82. The van der Waals surface area contributed by atoms with Gasteiger partial charge in [-0.15, -0.1) is 0 Å². The van der Waals surface area contributed by atoms with Crippen molar-refractivity contribution in [2.24, 2.45) is 5.90 Å². The highest BCUT2D eigenvalue weighted by Gasteiger charge is 2.03. The molecule has 0 heterocycles. The van der Waals surface area contributed by atoms with Crippen molar-refractivity contribution >= 4 is 0 Å². The maximum atomic E-state index is 8.84. The maximum absolute atomic E-state index is 8.84. The number of hydrogen-bond donors (Lipinski definition) is 2. The highest BCUT2D eigenvalue weighted by Crippen LogP contribution is 2.17. The van der Waals surface area contributed by atoms with Crippen molar-refractivity contribution in [3.05, 3.63) is 24.3 Å². The Morgan fingerprint density at radius 2 is 1.77 bits per heavy atom. The number of rotatable bonds is 4. The third-order valence-electron chi connectivity index (χ3n) is 1.41. The lowest BCUT2D eigenvalue weighted by Crippen LogP contribution is -2.22. The van der Waals surface area contributed by atoms with E-state index in [9.17, 15) is 0 Å². The first kappa shape index (κ1) is 9.79. The first-order chi connectivity index (χ1) is 6.26. The Balaban J connectivity index is 2.58. The van der Waals surface area contributed by atoms with E-state index >= 15 is 0 Å². The monoisotopic (exact) mass is 185 g/mol. The molecule has 1 aromatic carbocycles. The fourth-order valence-electron chi connectivity index (χ4n) is 0.798. The third-order valence-corrected chi connectivity index (χ3v) is 1.41. The van der Waals surface area contributed by atoms with Gasteiger partial charge in [0.15, 0.2) is 0 Å². The Bertz CT molecular complexity index is 249. The van der Waals surface area contributed by atoms with Gasteiger partial charge in [0, 0.05) is 0 Å². The van der Waals surface area contributed by atoms with Crippen LogP contribution in [0.4, 0.5) is 0 Å². The summed E-state index contributed by atoms with van der Waals surface area (Å²) in [6, 6.07) is 6.64. The van der Waals surface area contributed by atoms with Crippen LogP contribution in [0.1, 0.15) is 0 Å². The molecule has 0 aromatic heterocycles. The molecule has 0 bridgehead atoms. The largest absolute Gasteiger partial charge is 0.497 e. The molecule has 72 valence electrons. The molecule has 0 aliphatic carbocycles. The molecule has 1 unspecified atom stereocenters. The van der Waals surface area contributed by atoms with E-state index in [2.05, 4.69) is 10.7 Å². The van der Waals surface area contributed by atoms with Gasteiger partial charge in [0.1, 0.15) is 11.5 Å². The summed E-state index contributed by atoms with van der Waals surface area (Å²) in [5.41, 5.74) is 0. The van der Waals surface area contributed by atoms with E-state index in [0.717, 1.165) is 0 Å². The van der Waals surface area contributed by atoms with Gasteiger partial charge in [0.25, 0.3) is 0 Å². The fourth-order valence-corrected chi connectivity index (χ4v) is 0.798. The van der Waals surface area contributed by atoms with Gasteiger partial charge in [-0.3, -0.25) is 0 Å². The normalized spacial score (nSPS) is 12.2. The SMILES string of the molecule is COc1ccc(OC(O)ON)cc1. The van der Waals surface area contributed by atoms with Crippen molar-refractivity contribution in [2.75, 3.05) is 7.11 Å². The smallest absolute Gasteiger partial charge is 0.329 e. The Morgan fingerprint density at radius 1 is 1.23 bits per heavy atom. The Kier molecular flexibility index (Phi) is 3.51. The maximum Gasteiger partial charge on any atom is 0.329 e. The van der Waals surface area contributed by atoms with E-state index in [0.29, 0.717) is 11.5 Å². The van der Waals surface area contributed by atoms with Crippen molar-refractivity contribution in [3.8, 4) is 11.5 Å². The number of methoxy groups -OCH3 is 1. The minimum atomic E-state index is -1.45. The molecule has 0 aliphatic heterocycles. The van der Waals surface area contributed by atoms with E-state index in [4.69, 9.17) is 14.6 Å². The standard InChI is InChI=1S/C8H11NO4/c1-11-6-2-4-7(5-3-6)12-8(10)13-9/h2-5,8,10H,9H2,1H3. The minimum Gasteiger partial charge on any atom is -0.497 e. The molecular formula is C8H11NO4. The third kappa shape index (κ3) is 2.90. The lowest BCUT2D eigenvalue weighted by molar-refractivity contribution is -0.219. The molecule has 0 radical (unpaired) electrons. The predicted molar refractivity (Wildman–Crippen MR) is 44.9 cm³/mol. The summed E-state index contributed by atoms with van der Waals surface area (Å²) in [5, 5.41) is 8.84. The summed E-state index contributed by atoms with van der Waals surface area (Å²) in [7, 11) is 1.56. The Hall–Kier alpha value is -1.30. The van der Waals surface area contributed by atoms with E-state index in [1.54, 1.807) is 31.4 Å². The van der Waals surface area contributed by atoms with Crippen LogP contribution in [0.15, 0.2) is 24.3 Å². The summed E-state index contributed by atoms with van der Waals surface area (Å²) in [4.78, 5) is 4.01. The molecule has 5 nitrogen and oxygen atoms in total. The minimum absolute atomic E-state index is 0.443. The number of ether oxygens (including phenoxy) is 2. The lowest BCUT2D eigenvalue weighted by atomic mass is 10.3. The molecule has 13 heavy (non-hydrogen) atoms. The highest BCUT2D eigenvalue weighted by atomic mass is 16.8. The van der Waals surface area contributed by atoms with Gasteiger partial charge in [-0.05, 0) is 24.3 Å². The summed E-state index contributed by atoms with van der Waals surface area (Å²) < 4.78 is 9.74. The quantitative estimate of drug-likeness (QED) is 0.519. The number of benzene rings is 1. The number of hydrogen-bond acceptors (Lipinski definition) is 5. The zero-order chi connectivity index (χ0) is 9.68. The van der Waals surface area contributed by atoms with Crippen LogP contribution in [0.2, 0.25) is 0 Å². The van der Waals surface area contributed by atoms with Gasteiger partial charge in [0.2, 0.25) is 0 Å². The van der Waals surface area contributed by atoms with Crippen molar-refractivity contribution in [3.63, 3.8) is 0 Å². The molecule has 0 saturated heterocycles. The summed E-state index contributed by atoms with van der Waals surface area (Å²) in [6.07, 6.45) is 0. The summed E-state index contributed by atoms with van der Waals surface area (Å²) >= 11 is 0. The first-order valence-electron chi connectivity index (χ1n) is 3.60. The van der Waals surface area contributed by atoms with Crippen LogP contribution >= 0.6 is 0 Å². The molecule has 0 fully saturated rings. The zero-order valence-electron chi connectivity index (χ0n) is 7.14. The molecule has 5 heteroatoms. The van der Waals surface area contributed by atoms with E-state index in [1.807, 2.05) is 0 Å². The second kappa shape index (κ2) is 4.66. The van der Waals surface area contributed by atoms with Gasteiger partial charge in [-0.25, -0.2) is 10.7 Å². The van der Waals surface area contributed by atoms with Crippen LogP contribution in [0.25, 0.3) is 0 Å². The average molecular weight is 185 g/mol. The van der Waals surface area contributed by atoms with Crippen LogP contribution in [-0.4, -0.2) is 18.7 Å². The molecule has 0 saturated carbocycles. The van der Waals surface area contributed by atoms with E-state index in [1.165, 1.54) is 0 Å². The van der Waals surface area contributed by atoms with Crippen LogP contribution in [-0.2, 0) is 4.84 Å². The molecule has 1 atom stereocenters. The predicted octanol–water partition coefficient (Wildman–Crippen LogP) is 0.240. The fraction of sp³-hybridized carbons (Fsp3) is 0.250. The molecule has 0 aliphatic rings. The van der Waals surface area contributed by atoms with Gasteiger partial charge in [-0.1, -0.05) is 0 Å². The van der Waals surface area contributed by atoms with Crippen molar-refractivity contribution in [2.45, 2.75) is 6.48 Å². The molecular weight excluding hydrogens is 174 g/mol. The van der Waals surface area contributed by atoms with Crippen molar-refractivity contribution < 1.29 is 19.4 Å². The molecule has 1 aromatic rings. The van der Waals surface area contributed by atoms with Crippen LogP contribution < -0.4 is 15.4 Å². The van der Waals surface area contributed by atoms with Crippen LogP contribution in [0.3, 0.4) is 0 Å². The van der Waals surface area contributed by atoms with Crippen molar-refractivity contribution in [1.82, 2.24) is 0 Å². The molecule has 1 rings (SSSR count). The zero-order valence-corrected chi connectivity index (χ0v) is 7.14. The number of aliphatic hydroxyl groups excluding tert-OH is 1. The second-order valence-electron chi connectivity index (χ2n) is 2.24. The van der Waals surface area contributed by atoms with E-state index < -0.39 is 6.48 Å². The van der Waals surface area contributed by atoms with E-state index in [-0.39, 0.29) is 0 Å². The second-order valence-corrected chi connectivity index (χ2v) is 2.24. The van der Waals surface area contributed by atoms with Gasteiger partial charge < -0.3 is 14.6 Å². The van der Waals surface area contributed by atoms with Crippen LogP contribution in [0, 0.1) is 0 Å². The molecule has 3 N–H and O–H groups in total. The number of aliphatic hydroxyl groups is 1. The lowest BCUT2D eigenvalue weighted by Gasteiger charge is -2.10. The summed E-state index contributed by atoms with van der Waals surface area (Å²) in [6.45, 7) is -1.45. The Morgan fingerprint density at radius 3 is 2.23 bits per heavy atom. The Labute approximate surface area is 75.6 Å². The van der Waals surface area contributed by atoms with Gasteiger partial charge in [-0.2, -0.15) is 0 Å². The van der Waals surface area contributed by atoms with Gasteiger partial charge in [0.05, 0.1) is 7.11 Å². The average Bonchev–Trinajstić information content (AvgIpc) is 2.19. The van der Waals surface area contributed by atoms with Crippen molar-refractivity contribution in [1.29, 1.82) is 0 Å². The topological polar surface area (TPSA) is 73.9 Å². The molecule has 0 spiro atoms. The van der Waals surface area contributed by atoms with Gasteiger partial charge >= 0.3 is 6.48 Å².